The molecule has 1 fully saturated rings. The maximum Gasteiger partial charge on any atom is 0.339 e. The van der Waals surface area contributed by atoms with Gasteiger partial charge in [-0.25, -0.2) is 4.79 Å². The molecule has 1 aromatic carbocycles. The van der Waals surface area contributed by atoms with E-state index in [1.165, 1.54) is 12.1 Å². The Morgan fingerprint density at radius 2 is 2.17 bits per heavy atom. The van der Waals surface area contributed by atoms with Gasteiger partial charge in [0.25, 0.3) is 0 Å². The van der Waals surface area contributed by atoms with Gasteiger partial charge in [-0.3, -0.25) is 4.79 Å². The predicted molar refractivity (Wildman–Crippen MR) is 68.0 cm³/mol. The van der Waals surface area contributed by atoms with Crippen molar-refractivity contribution in [3.05, 3.63) is 28.8 Å². The zero-order valence-corrected chi connectivity index (χ0v) is 10.3. The van der Waals surface area contributed by atoms with E-state index in [2.05, 4.69) is 10.6 Å². The second-order valence-corrected chi connectivity index (χ2v) is 4.65. The van der Waals surface area contributed by atoms with Crippen LogP contribution in [0.2, 0.25) is 5.02 Å². The van der Waals surface area contributed by atoms with Crippen molar-refractivity contribution in [2.75, 3.05) is 18.4 Å². The minimum absolute atomic E-state index is 0.0701. The van der Waals surface area contributed by atoms with E-state index in [9.17, 15) is 9.59 Å². The predicted octanol–water partition coefficient (Wildman–Crippen LogP) is 1.59. The molecule has 1 aliphatic heterocycles. The van der Waals surface area contributed by atoms with E-state index in [1.807, 2.05) is 0 Å². The van der Waals surface area contributed by atoms with Crippen molar-refractivity contribution in [3.63, 3.8) is 0 Å². The van der Waals surface area contributed by atoms with Gasteiger partial charge in [-0.2, -0.15) is 0 Å². The molecule has 0 aromatic heterocycles. The largest absolute Gasteiger partial charge is 0.478 e. The lowest BCUT2D eigenvalue weighted by Gasteiger charge is -2.26. The van der Waals surface area contributed by atoms with E-state index >= 15 is 0 Å². The van der Waals surface area contributed by atoms with E-state index in [0.29, 0.717) is 12.3 Å². The highest BCUT2D eigenvalue weighted by atomic mass is 35.5. The van der Waals surface area contributed by atoms with Crippen molar-refractivity contribution in [1.29, 1.82) is 0 Å². The summed E-state index contributed by atoms with van der Waals surface area (Å²) in [6.45, 7) is 1.66. The van der Waals surface area contributed by atoms with E-state index in [0.717, 1.165) is 13.1 Å². The highest BCUT2D eigenvalue weighted by Crippen LogP contribution is 2.24. The molecule has 0 aliphatic carbocycles. The maximum absolute atomic E-state index is 11.7. The van der Waals surface area contributed by atoms with Gasteiger partial charge in [0.15, 0.2) is 0 Å². The van der Waals surface area contributed by atoms with Crippen LogP contribution in [0.25, 0.3) is 0 Å². The van der Waals surface area contributed by atoms with Crippen molar-refractivity contribution >= 4 is 29.2 Å². The molecule has 0 bridgehead atoms. The number of hydrogen-bond acceptors (Lipinski definition) is 3. The summed E-state index contributed by atoms with van der Waals surface area (Å²) in [6.07, 6.45) is 0.387. The molecule has 1 heterocycles. The Hall–Kier alpha value is -1.59. The summed E-state index contributed by atoms with van der Waals surface area (Å²) >= 11 is 5.81. The Balaban J connectivity index is 2.10. The SMILES string of the molecule is O=C(CC1CNC1)Nc1cccc(Cl)c1C(=O)O. The first kappa shape index (κ1) is 12.9. The molecule has 0 saturated carbocycles. The summed E-state index contributed by atoms with van der Waals surface area (Å²) in [5, 5.41) is 14.8. The topological polar surface area (TPSA) is 78.4 Å². The molecule has 0 radical (unpaired) electrons. The van der Waals surface area contributed by atoms with Crippen molar-refractivity contribution in [3.8, 4) is 0 Å². The molecule has 0 unspecified atom stereocenters. The summed E-state index contributed by atoms with van der Waals surface area (Å²) in [5.74, 6) is -1.01. The lowest BCUT2D eigenvalue weighted by atomic mass is 9.99. The van der Waals surface area contributed by atoms with Gasteiger partial charge in [0.1, 0.15) is 5.56 Å². The fourth-order valence-corrected chi connectivity index (χ4v) is 2.06. The van der Waals surface area contributed by atoms with Crippen LogP contribution in [0.3, 0.4) is 0 Å². The van der Waals surface area contributed by atoms with Gasteiger partial charge in [-0.05, 0) is 31.1 Å². The molecular weight excluding hydrogens is 256 g/mol. The van der Waals surface area contributed by atoms with Gasteiger partial charge >= 0.3 is 5.97 Å². The molecule has 1 aromatic rings. The number of amides is 1. The van der Waals surface area contributed by atoms with Crippen LogP contribution in [0.1, 0.15) is 16.8 Å². The van der Waals surface area contributed by atoms with Crippen LogP contribution in [0, 0.1) is 5.92 Å². The Morgan fingerprint density at radius 3 is 2.72 bits per heavy atom. The monoisotopic (exact) mass is 268 g/mol. The third-order valence-corrected chi connectivity index (χ3v) is 3.16. The van der Waals surface area contributed by atoms with E-state index in [-0.39, 0.29) is 22.2 Å². The lowest BCUT2D eigenvalue weighted by molar-refractivity contribution is -0.117. The first-order valence-electron chi connectivity index (χ1n) is 5.60. The third kappa shape index (κ3) is 2.80. The second kappa shape index (κ2) is 5.37. The van der Waals surface area contributed by atoms with Crippen LogP contribution >= 0.6 is 11.6 Å². The highest BCUT2D eigenvalue weighted by Gasteiger charge is 2.21. The molecular formula is C12H13ClN2O3. The number of benzene rings is 1. The molecule has 2 rings (SSSR count). The molecule has 1 aliphatic rings. The molecule has 6 heteroatoms. The molecule has 3 N–H and O–H groups in total. The quantitative estimate of drug-likeness (QED) is 0.775. The number of carboxylic acids is 1. The normalized spacial score (nSPS) is 14.9. The fraction of sp³-hybridized carbons (Fsp3) is 0.333. The van der Waals surface area contributed by atoms with Crippen LogP contribution in [0.4, 0.5) is 5.69 Å². The number of aromatic carboxylic acids is 1. The van der Waals surface area contributed by atoms with Gasteiger partial charge in [0.2, 0.25) is 5.91 Å². The smallest absolute Gasteiger partial charge is 0.339 e. The summed E-state index contributed by atoms with van der Waals surface area (Å²) in [6, 6.07) is 4.62. The Bertz CT molecular complexity index is 486. The highest BCUT2D eigenvalue weighted by molar-refractivity contribution is 6.34. The fourth-order valence-electron chi connectivity index (χ4n) is 1.80. The lowest BCUT2D eigenvalue weighted by Crippen LogP contribution is -2.43. The number of carbonyl (C=O) groups excluding carboxylic acids is 1. The number of anilines is 1. The zero-order chi connectivity index (χ0) is 13.1. The van der Waals surface area contributed by atoms with Crippen molar-refractivity contribution < 1.29 is 14.7 Å². The summed E-state index contributed by atoms with van der Waals surface area (Å²) < 4.78 is 0. The van der Waals surface area contributed by atoms with Gasteiger partial charge in [-0.15, -0.1) is 0 Å². The van der Waals surface area contributed by atoms with E-state index in [1.54, 1.807) is 6.07 Å². The molecule has 0 atom stereocenters. The Kier molecular flexibility index (Phi) is 3.84. The molecule has 96 valence electrons. The first-order chi connectivity index (χ1) is 8.58. The van der Waals surface area contributed by atoms with Crippen molar-refractivity contribution in [2.24, 2.45) is 5.92 Å². The average Bonchev–Trinajstić information content (AvgIpc) is 2.23. The number of rotatable bonds is 4. The molecule has 5 nitrogen and oxygen atoms in total. The number of carboxylic acid groups (broad SMARTS) is 1. The second-order valence-electron chi connectivity index (χ2n) is 4.24. The zero-order valence-electron chi connectivity index (χ0n) is 9.57. The van der Waals surface area contributed by atoms with Crippen LogP contribution in [0.15, 0.2) is 18.2 Å². The van der Waals surface area contributed by atoms with Gasteiger partial charge in [0.05, 0.1) is 10.7 Å². The first-order valence-corrected chi connectivity index (χ1v) is 5.98. The molecule has 0 spiro atoms. The van der Waals surface area contributed by atoms with Crippen LogP contribution < -0.4 is 10.6 Å². The molecule has 18 heavy (non-hydrogen) atoms. The Morgan fingerprint density at radius 1 is 1.44 bits per heavy atom. The third-order valence-electron chi connectivity index (χ3n) is 2.84. The van der Waals surface area contributed by atoms with Crippen LogP contribution in [-0.4, -0.2) is 30.1 Å². The number of nitrogens with one attached hydrogen (secondary N) is 2. The van der Waals surface area contributed by atoms with Crippen molar-refractivity contribution in [2.45, 2.75) is 6.42 Å². The maximum atomic E-state index is 11.7. The number of halogens is 1. The number of carbonyl (C=O) groups is 2. The Labute approximate surface area is 109 Å². The molecule has 1 saturated heterocycles. The van der Waals surface area contributed by atoms with Gasteiger partial charge < -0.3 is 15.7 Å². The average molecular weight is 269 g/mol. The minimum atomic E-state index is -1.15. The number of hydrogen-bond donors (Lipinski definition) is 3. The van der Waals surface area contributed by atoms with Crippen LogP contribution in [-0.2, 0) is 4.79 Å². The van der Waals surface area contributed by atoms with Crippen molar-refractivity contribution in [1.82, 2.24) is 5.32 Å². The van der Waals surface area contributed by atoms with E-state index in [4.69, 9.17) is 16.7 Å². The van der Waals surface area contributed by atoms with Gasteiger partial charge in [-0.1, -0.05) is 17.7 Å². The van der Waals surface area contributed by atoms with Crippen LogP contribution in [0.5, 0.6) is 0 Å². The van der Waals surface area contributed by atoms with E-state index < -0.39 is 5.97 Å². The standard InChI is InChI=1S/C12H13ClN2O3/c13-8-2-1-3-9(11(8)12(17)18)15-10(16)4-7-5-14-6-7/h1-3,7,14H,4-6H2,(H,15,16)(H,17,18). The van der Waals surface area contributed by atoms with Gasteiger partial charge in [0, 0.05) is 6.42 Å². The summed E-state index contributed by atoms with van der Waals surface area (Å²) in [7, 11) is 0. The molecule has 1 amide bonds. The summed E-state index contributed by atoms with van der Waals surface area (Å²) in [4.78, 5) is 22.8. The summed E-state index contributed by atoms with van der Waals surface area (Å²) in [5.41, 5.74) is 0.173. The minimum Gasteiger partial charge on any atom is -0.478 e.